The number of hydrogen-bond donors (Lipinski definition) is 1. The molecule has 0 radical (unpaired) electrons. The van der Waals surface area contributed by atoms with Crippen molar-refractivity contribution in [1.82, 2.24) is 10.3 Å². The highest BCUT2D eigenvalue weighted by molar-refractivity contribution is 7.10. The first kappa shape index (κ1) is 13.2. The lowest BCUT2D eigenvalue weighted by Crippen LogP contribution is -2.23. The van der Waals surface area contributed by atoms with Crippen molar-refractivity contribution in [2.24, 2.45) is 0 Å². The smallest absolute Gasteiger partial charge is 0.0600 e. The Balaban J connectivity index is 2.30. The minimum Gasteiger partial charge on any atom is -0.306 e. The first-order valence-corrected chi connectivity index (χ1v) is 7.28. The van der Waals surface area contributed by atoms with E-state index in [-0.39, 0.29) is 6.04 Å². The van der Waals surface area contributed by atoms with Gasteiger partial charge >= 0.3 is 0 Å². The van der Waals surface area contributed by atoms with Crippen LogP contribution >= 0.6 is 11.3 Å². The number of aromatic nitrogens is 1. The summed E-state index contributed by atoms with van der Waals surface area (Å²) >= 11 is 1.80. The van der Waals surface area contributed by atoms with Gasteiger partial charge in [-0.2, -0.15) is 0 Å². The van der Waals surface area contributed by atoms with Crippen molar-refractivity contribution < 1.29 is 0 Å². The molecule has 2 nitrogen and oxygen atoms in total. The fraction of sp³-hybridized carbons (Fsp3) is 0.400. The molecule has 0 saturated heterocycles. The van der Waals surface area contributed by atoms with Crippen LogP contribution in [-0.4, -0.2) is 11.5 Å². The maximum atomic E-state index is 4.31. The molecule has 1 unspecified atom stereocenters. The summed E-state index contributed by atoms with van der Waals surface area (Å²) in [5.74, 6) is 0. The second-order valence-corrected chi connectivity index (χ2v) is 5.79. The zero-order valence-electron chi connectivity index (χ0n) is 11.2. The van der Waals surface area contributed by atoms with Crippen LogP contribution in [0.3, 0.4) is 0 Å². The molecule has 2 aromatic rings. The molecule has 0 spiro atoms. The predicted molar refractivity (Wildman–Crippen MR) is 78.2 cm³/mol. The van der Waals surface area contributed by atoms with Crippen molar-refractivity contribution in [3.8, 4) is 0 Å². The lowest BCUT2D eigenvalue weighted by Gasteiger charge is -2.18. The molecule has 0 saturated carbocycles. The average Bonchev–Trinajstić information content (AvgIpc) is 2.76. The minimum absolute atomic E-state index is 0.266. The average molecular weight is 260 g/mol. The van der Waals surface area contributed by atoms with Crippen LogP contribution in [0.4, 0.5) is 0 Å². The van der Waals surface area contributed by atoms with Crippen LogP contribution in [0.2, 0.25) is 0 Å². The van der Waals surface area contributed by atoms with Crippen LogP contribution < -0.4 is 5.32 Å². The number of thiophene rings is 1. The van der Waals surface area contributed by atoms with Gasteiger partial charge in [-0.05, 0) is 54.9 Å². The van der Waals surface area contributed by atoms with Crippen molar-refractivity contribution >= 4 is 11.3 Å². The van der Waals surface area contributed by atoms with Gasteiger partial charge in [-0.15, -0.1) is 11.3 Å². The monoisotopic (exact) mass is 260 g/mol. The van der Waals surface area contributed by atoms with Crippen LogP contribution in [0, 0.1) is 13.8 Å². The molecular formula is C15H20N2S. The van der Waals surface area contributed by atoms with Crippen LogP contribution in [0.25, 0.3) is 0 Å². The predicted octanol–water partition coefficient (Wildman–Crippen LogP) is 3.85. The van der Waals surface area contributed by atoms with E-state index in [1.807, 2.05) is 12.4 Å². The normalized spacial score (nSPS) is 12.6. The third-order valence-electron chi connectivity index (χ3n) is 2.91. The van der Waals surface area contributed by atoms with Crippen molar-refractivity contribution in [2.45, 2.75) is 33.2 Å². The molecule has 1 atom stereocenters. The minimum atomic E-state index is 0.266. The Bertz CT molecular complexity index is 505. The van der Waals surface area contributed by atoms with Gasteiger partial charge in [0.05, 0.1) is 6.04 Å². The Morgan fingerprint density at radius 3 is 2.67 bits per heavy atom. The summed E-state index contributed by atoms with van der Waals surface area (Å²) < 4.78 is 0. The van der Waals surface area contributed by atoms with E-state index in [2.05, 4.69) is 48.6 Å². The van der Waals surface area contributed by atoms with Gasteiger partial charge in [-0.1, -0.05) is 13.0 Å². The van der Waals surface area contributed by atoms with Gasteiger partial charge < -0.3 is 5.32 Å². The zero-order chi connectivity index (χ0) is 13.0. The Hall–Kier alpha value is -1.19. The van der Waals surface area contributed by atoms with E-state index < -0.39 is 0 Å². The summed E-state index contributed by atoms with van der Waals surface area (Å²) in [7, 11) is 0. The Kier molecular flexibility index (Phi) is 4.50. The summed E-state index contributed by atoms with van der Waals surface area (Å²) in [6.45, 7) is 7.46. The highest BCUT2D eigenvalue weighted by Crippen LogP contribution is 2.26. The summed E-state index contributed by atoms with van der Waals surface area (Å²) in [5, 5.41) is 5.85. The maximum absolute atomic E-state index is 4.31. The van der Waals surface area contributed by atoms with Crippen LogP contribution in [0.1, 0.15) is 41.0 Å². The molecule has 0 aliphatic heterocycles. The number of rotatable bonds is 5. The lowest BCUT2D eigenvalue weighted by atomic mass is 10.0. The van der Waals surface area contributed by atoms with Gasteiger partial charge in [-0.25, -0.2) is 0 Å². The summed E-state index contributed by atoms with van der Waals surface area (Å²) in [6, 6.07) is 4.75. The molecule has 2 rings (SSSR count). The molecule has 2 heterocycles. The highest BCUT2D eigenvalue weighted by atomic mass is 32.1. The van der Waals surface area contributed by atoms with Gasteiger partial charge in [-0.3, -0.25) is 4.98 Å². The number of nitrogens with one attached hydrogen (secondary N) is 1. The van der Waals surface area contributed by atoms with E-state index in [0.717, 1.165) is 13.0 Å². The first-order valence-electron chi connectivity index (χ1n) is 6.40. The SMILES string of the molecule is CCCNC(c1cncc(C)c1)c1csc(C)c1. The molecule has 3 heteroatoms. The van der Waals surface area contributed by atoms with Crippen molar-refractivity contribution in [3.05, 3.63) is 51.5 Å². The van der Waals surface area contributed by atoms with Crippen molar-refractivity contribution in [3.63, 3.8) is 0 Å². The van der Waals surface area contributed by atoms with Crippen molar-refractivity contribution in [1.29, 1.82) is 0 Å². The van der Waals surface area contributed by atoms with Gasteiger partial charge in [0.25, 0.3) is 0 Å². The second-order valence-electron chi connectivity index (χ2n) is 4.67. The number of aryl methyl sites for hydroxylation is 2. The molecule has 2 aromatic heterocycles. The van der Waals surface area contributed by atoms with Gasteiger partial charge in [0.2, 0.25) is 0 Å². The van der Waals surface area contributed by atoms with E-state index in [1.54, 1.807) is 11.3 Å². The molecule has 96 valence electrons. The fourth-order valence-electron chi connectivity index (χ4n) is 2.07. The quantitative estimate of drug-likeness (QED) is 0.883. The zero-order valence-corrected chi connectivity index (χ0v) is 12.1. The Labute approximate surface area is 113 Å². The topological polar surface area (TPSA) is 24.9 Å². The third kappa shape index (κ3) is 3.18. The van der Waals surface area contributed by atoms with Gasteiger partial charge in [0.1, 0.15) is 0 Å². The van der Waals surface area contributed by atoms with Gasteiger partial charge in [0.15, 0.2) is 0 Å². The molecule has 0 bridgehead atoms. The summed E-state index contributed by atoms with van der Waals surface area (Å²) in [5.41, 5.74) is 3.81. The Morgan fingerprint density at radius 2 is 2.06 bits per heavy atom. The number of nitrogens with zero attached hydrogens (tertiary/aromatic N) is 1. The second kappa shape index (κ2) is 6.12. The van der Waals surface area contributed by atoms with E-state index in [0.29, 0.717) is 0 Å². The molecule has 0 fully saturated rings. The molecular weight excluding hydrogens is 240 g/mol. The van der Waals surface area contributed by atoms with Gasteiger partial charge in [0, 0.05) is 17.3 Å². The fourth-order valence-corrected chi connectivity index (χ4v) is 2.80. The highest BCUT2D eigenvalue weighted by Gasteiger charge is 2.14. The van der Waals surface area contributed by atoms with E-state index in [1.165, 1.54) is 21.6 Å². The number of pyridine rings is 1. The third-order valence-corrected chi connectivity index (χ3v) is 3.79. The standard InChI is InChI=1S/C15H20N2S/c1-4-5-17-15(14-7-12(3)18-10-14)13-6-11(2)8-16-9-13/h6-10,15,17H,4-5H2,1-3H3. The van der Waals surface area contributed by atoms with Crippen molar-refractivity contribution in [2.75, 3.05) is 6.54 Å². The molecule has 18 heavy (non-hydrogen) atoms. The van der Waals surface area contributed by atoms with E-state index in [9.17, 15) is 0 Å². The molecule has 0 aliphatic carbocycles. The van der Waals surface area contributed by atoms with Crippen LogP contribution in [-0.2, 0) is 0 Å². The largest absolute Gasteiger partial charge is 0.306 e. The molecule has 0 aromatic carbocycles. The van der Waals surface area contributed by atoms with E-state index in [4.69, 9.17) is 0 Å². The van der Waals surface area contributed by atoms with E-state index >= 15 is 0 Å². The first-order chi connectivity index (χ1) is 8.70. The molecule has 0 aliphatic rings. The van der Waals surface area contributed by atoms with Crippen LogP contribution in [0.5, 0.6) is 0 Å². The summed E-state index contributed by atoms with van der Waals surface area (Å²) in [4.78, 5) is 5.66. The number of hydrogen-bond acceptors (Lipinski definition) is 3. The molecule has 1 N–H and O–H groups in total. The van der Waals surface area contributed by atoms with Crippen LogP contribution in [0.15, 0.2) is 29.9 Å². The molecule has 0 amide bonds. The summed E-state index contributed by atoms with van der Waals surface area (Å²) in [6.07, 6.45) is 5.01. The lowest BCUT2D eigenvalue weighted by molar-refractivity contribution is 0.598. The Morgan fingerprint density at radius 1 is 1.22 bits per heavy atom. The maximum Gasteiger partial charge on any atom is 0.0600 e.